The predicted octanol–water partition coefficient (Wildman–Crippen LogP) is 1.62. The summed E-state index contributed by atoms with van der Waals surface area (Å²) in [5.74, 6) is 1.76. The van der Waals surface area contributed by atoms with Gasteiger partial charge in [0.05, 0.1) is 11.9 Å². The second-order valence-electron chi connectivity index (χ2n) is 8.37. The number of carbonyl (C=O) groups is 1. The van der Waals surface area contributed by atoms with Gasteiger partial charge in [-0.15, -0.1) is 11.8 Å². The van der Waals surface area contributed by atoms with Crippen LogP contribution in [0.2, 0.25) is 0 Å². The van der Waals surface area contributed by atoms with Crippen molar-refractivity contribution in [1.29, 1.82) is 0 Å². The quantitative estimate of drug-likeness (QED) is 0.793. The molecule has 4 rings (SSSR count). The third-order valence-corrected chi connectivity index (χ3v) is 7.57. The lowest BCUT2D eigenvalue weighted by Crippen LogP contribution is -2.55. The number of fused-ring (bicyclic) bond motifs is 1. The molecule has 3 aliphatic rings. The summed E-state index contributed by atoms with van der Waals surface area (Å²) >= 11 is 1.62. The van der Waals surface area contributed by atoms with Gasteiger partial charge in [0, 0.05) is 50.2 Å². The number of hydrogen-bond acceptors (Lipinski definition) is 5. The Kier molecular flexibility index (Phi) is 6.07. The zero-order valence-corrected chi connectivity index (χ0v) is 17.0. The van der Waals surface area contributed by atoms with Crippen LogP contribution in [0.15, 0.2) is 35.2 Å². The van der Waals surface area contributed by atoms with Gasteiger partial charge in [-0.05, 0) is 43.9 Å². The molecule has 1 amide bonds. The molecule has 1 aliphatic carbocycles. The zero-order valence-electron chi connectivity index (χ0n) is 16.2. The molecule has 0 spiro atoms. The number of nitrogens with zero attached hydrogens (tertiary/aromatic N) is 3. The number of carbonyl (C=O) groups excluding carboxylic acids is 1. The van der Waals surface area contributed by atoms with Crippen LogP contribution in [0.5, 0.6) is 0 Å². The van der Waals surface area contributed by atoms with Crippen LogP contribution < -0.4 is 0 Å². The van der Waals surface area contributed by atoms with Gasteiger partial charge in [-0.1, -0.05) is 18.2 Å². The summed E-state index contributed by atoms with van der Waals surface area (Å²) in [5, 5.41) is 10.7. The van der Waals surface area contributed by atoms with E-state index in [0.29, 0.717) is 17.6 Å². The molecule has 6 heteroatoms. The molecule has 2 saturated heterocycles. The Morgan fingerprint density at radius 1 is 1.07 bits per heavy atom. The van der Waals surface area contributed by atoms with Crippen LogP contribution in [0.1, 0.15) is 12.8 Å². The molecule has 4 atom stereocenters. The minimum Gasteiger partial charge on any atom is -0.391 e. The summed E-state index contributed by atoms with van der Waals surface area (Å²) in [4.78, 5) is 20.7. The van der Waals surface area contributed by atoms with E-state index < -0.39 is 0 Å². The summed E-state index contributed by atoms with van der Waals surface area (Å²) in [6, 6.07) is 10.4. The molecule has 1 aromatic rings. The molecular formula is C21H31N3O2S. The lowest BCUT2D eigenvalue weighted by atomic mass is 9.77. The lowest BCUT2D eigenvalue weighted by Gasteiger charge is -2.44. The van der Waals surface area contributed by atoms with Crippen LogP contribution in [0, 0.1) is 11.8 Å². The number of hydrogen-bond donors (Lipinski definition) is 1. The molecule has 148 valence electrons. The summed E-state index contributed by atoms with van der Waals surface area (Å²) in [6.45, 7) is 5.95. The number of likely N-dealkylation sites (tertiary alicyclic amines) is 1. The van der Waals surface area contributed by atoms with E-state index in [1.54, 1.807) is 11.8 Å². The molecule has 0 radical (unpaired) electrons. The number of amides is 1. The van der Waals surface area contributed by atoms with E-state index in [1.165, 1.54) is 0 Å². The van der Waals surface area contributed by atoms with Crippen molar-refractivity contribution in [2.24, 2.45) is 11.8 Å². The first-order chi connectivity index (χ1) is 13.1. The maximum Gasteiger partial charge on any atom is 0.232 e. The second-order valence-corrected chi connectivity index (χ2v) is 9.41. The molecule has 1 N–H and O–H groups in total. The van der Waals surface area contributed by atoms with Crippen molar-refractivity contribution in [3.8, 4) is 0 Å². The van der Waals surface area contributed by atoms with Gasteiger partial charge in [-0.3, -0.25) is 9.69 Å². The SMILES string of the molecule is CN1CCN([C@@H]2C[C@@H]3CN(C(=O)CSc4ccccc4)C[C@@H]3C[C@H]2O)CC1. The molecule has 0 aromatic heterocycles. The summed E-state index contributed by atoms with van der Waals surface area (Å²) in [5.41, 5.74) is 0. The first kappa shape index (κ1) is 19.2. The standard InChI is InChI=1S/C21H31N3O2S/c1-22-7-9-23(10-8-22)19-11-16-13-24(14-17(16)12-20(19)25)21(26)15-27-18-5-3-2-4-6-18/h2-6,16-17,19-20,25H,7-15H2,1H3/t16-,17+,19-,20-/m1/s1. The Morgan fingerprint density at radius 2 is 1.74 bits per heavy atom. The molecule has 5 nitrogen and oxygen atoms in total. The Morgan fingerprint density at radius 3 is 2.44 bits per heavy atom. The molecule has 1 saturated carbocycles. The van der Waals surface area contributed by atoms with E-state index in [9.17, 15) is 9.90 Å². The van der Waals surface area contributed by atoms with Crippen molar-refractivity contribution >= 4 is 17.7 Å². The van der Waals surface area contributed by atoms with Crippen LogP contribution in [-0.2, 0) is 4.79 Å². The first-order valence-corrected chi connectivity index (χ1v) is 11.1. The third-order valence-electron chi connectivity index (χ3n) is 6.57. The number of aliphatic hydroxyl groups excluding tert-OH is 1. The van der Waals surface area contributed by atoms with E-state index in [4.69, 9.17) is 0 Å². The molecule has 2 heterocycles. The number of rotatable bonds is 4. The van der Waals surface area contributed by atoms with Gasteiger partial charge in [-0.2, -0.15) is 0 Å². The van der Waals surface area contributed by atoms with Crippen molar-refractivity contribution in [2.45, 2.75) is 29.9 Å². The van der Waals surface area contributed by atoms with Gasteiger partial charge in [0.25, 0.3) is 0 Å². The van der Waals surface area contributed by atoms with Crippen molar-refractivity contribution in [3.05, 3.63) is 30.3 Å². The molecule has 2 aliphatic heterocycles. The highest BCUT2D eigenvalue weighted by Gasteiger charge is 2.44. The highest BCUT2D eigenvalue weighted by Crippen LogP contribution is 2.38. The van der Waals surface area contributed by atoms with Gasteiger partial charge in [0.15, 0.2) is 0 Å². The van der Waals surface area contributed by atoms with Crippen LogP contribution in [0.3, 0.4) is 0 Å². The van der Waals surface area contributed by atoms with Gasteiger partial charge in [0.2, 0.25) is 5.91 Å². The average Bonchev–Trinajstić information content (AvgIpc) is 3.10. The van der Waals surface area contributed by atoms with Crippen LogP contribution >= 0.6 is 11.8 Å². The van der Waals surface area contributed by atoms with E-state index in [0.717, 1.165) is 57.0 Å². The monoisotopic (exact) mass is 389 g/mol. The maximum absolute atomic E-state index is 12.7. The highest BCUT2D eigenvalue weighted by atomic mass is 32.2. The second kappa shape index (κ2) is 8.52. The molecule has 27 heavy (non-hydrogen) atoms. The lowest BCUT2D eigenvalue weighted by molar-refractivity contribution is -0.127. The Labute approximate surface area is 166 Å². The fourth-order valence-electron chi connectivity index (χ4n) is 4.91. The predicted molar refractivity (Wildman–Crippen MR) is 109 cm³/mol. The number of likely N-dealkylation sites (N-methyl/N-ethyl adjacent to an activating group) is 1. The number of aliphatic hydroxyl groups is 1. The largest absolute Gasteiger partial charge is 0.391 e. The van der Waals surface area contributed by atoms with Crippen molar-refractivity contribution in [2.75, 3.05) is 52.1 Å². The van der Waals surface area contributed by atoms with Crippen molar-refractivity contribution in [1.82, 2.24) is 14.7 Å². The third kappa shape index (κ3) is 4.50. The van der Waals surface area contributed by atoms with E-state index in [1.807, 2.05) is 23.1 Å². The fourth-order valence-corrected chi connectivity index (χ4v) is 5.73. The zero-order chi connectivity index (χ0) is 18.8. The molecule has 0 bridgehead atoms. The van der Waals surface area contributed by atoms with Gasteiger partial charge in [-0.25, -0.2) is 0 Å². The van der Waals surface area contributed by atoms with E-state index in [-0.39, 0.29) is 18.1 Å². The minimum absolute atomic E-state index is 0.240. The first-order valence-electron chi connectivity index (χ1n) is 10.2. The highest BCUT2D eigenvalue weighted by molar-refractivity contribution is 8.00. The van der Waals surface area contributed by atoms with Crippen LogP contribution in [-0.4, -0.2) is 89.9 Å². The fraction of sp³-hybridized carbons (Fsp3) is 0.667. The molecule has 1 aromatic carbocycles. The number of benzene rings is 1. The van der Waals surface area contributed by atoms with Gasteiger partial charge < -0.3 is 14.9 Å². The summed E-state index contributed by atoms with van der Waals surface area (Å²) in [7, 11) is 2.17. The van der Waals surface area contributed by atoms with Gasteiger partial charge in [0.1, 0.15) is 0 Å². The van der Waals surface area contributed by atoms with Crippen molar-refractivity contribution in [3.63, 3.8) is 0 Å². The van der Waals surface area contributed by atoms with Gasteiger partial charge >= 0.3 is 0 Å². The maximum atomic E-state index is 12.7. The number of piperazine rings is 1. The molecule has 3 fully saturated rings. The van der Waals surface area contributed by atoms with Crippen molar-refractivity contribution < 1.29 is 9.90 Å². The topological polar surface area (TPSA) is 47.0 Å². The summed E-state index contributed by atoms with van der Waals surface area (Å²) < 4.78 is 0. The van der Waals surface area contributed by atoms with E-state index in [2.05, 4.69) is 29.0 Å². The van der Waals surface area contributed by atoms with Crippen LogP contribution in [0.25, 0.3) is 0 Å². The molecule has 0 unspecified atom stereocenters. The Bertz CT molecular complexity index is 636. The smallest absolute Gasteiger partial charge is 0.232 e. The minimum atomic E-state index is -0.247. The number of thioether (sulfide) groups is 1. The average molecular weight is 390 g/mol. The molecular weight excluding hydrogens is 358 g/mol. The van der Waals surface area contributed by atoms with Crippen LogP contribution in [0.4, 0.5) is 0 Å². The Hall–Kier alpha value is -1.08. The Balaban J connectivity index is 1.31. The van der Waals surface area contributed by atoms with E-state index >= 15 is 0 Å². The normalized spacial score (nSPS) is 32.4. The summed E-state index contributed by atoms with van der Waals surface area (Å²) in [6.07, 6.45) is 1.63.